The summed E-state index contributed by atoms with van der Waals surface area (Å²) in [6, 6.07) is 14.5. The Bertz CT molecular complexity index is 1370. The van der Waals surface area contributed by atoms with Crippen molar-refractivity contribution in [1.29, 1.82) is 0 Å². The van der Waals surface area contributed by atoms with Gasteiger partial charge in [0.05, 0.1) is 11.3 Å². The van der Waals surface area contributed by atoms with Crippen molar-refractivity contribution in [2.24, 2.45) is 4.99 Å². The molecule has 0 fully saturated rings. The van der Waals surface area contributed by atoms with Crippen LogP contribution in [0.2, 0.25) is 5.02 Å². The van der Waals surface area contributed by atoms with Crippen molar-refractivity contribution in [1.82, 2.24) is 9.97 Å². The summed E-state index contributed by atoms with van der Waals surface area (Å²) in [6.45, 7) is 0. The first kappa shape index (κ1) is 18.1. The molecule has 0 saturated carbocycles. The molecule has 5 aromatic rings. The van der Waals surface area contributed by atoms with Crippen LogP contribution >= 0.6 is 34.3 Å². The SMILES string of the molecule is Oc1ccc2cc(-c3nc(-c4ccc(Cl)cc4)cs3)/c(=N/c3nccs3)oc2c1. The number of halogens is 1. The van der Waals surface area contributed by atoms with Crippen LogP contribution in [0.3, 0.4) is 0 Å². The van der Waals surface area contributed by atoms with Gasteiger partial charge in [0.25, 0.3) is 0 Å². The number of phenolic OH excluding ortho intramolecular Hbond substituents is 1. The summed E-state index contributed by atoms with van der Waals surface area (Å²) in [5.41, 5.74) is 3.54. The van der Waals surface area contributed by atoms with E-state index in [1.807, 2.05) is 41.1 Å². The summed E-state index contributed by atoms with van der Waals surface area (Å²) in [6.07, 6.45) is 1.69. The fraction of sp³-hybridized carbons (Fsp3) is 0. The van der Waals surface area contributed by atoms with Crippen molar-refractivity contribution in [2.75, 3.05) is 0 Å². The van der Waals surface area contributed by atoms with Crippen molar-refractivity contribution >= 4 is 50.4 Å². The monoisotopic (exact) mass is 437 g/mol. The van der Waals surface area contributed by atoms with Gasteiger partial charge in [-0.2, -0.15) is 4.99 Å². The molecule has 0 aliphatic heterocycles. The van der Waals surface area contributed by atoms with Crippen LogP contribution in [0, 0.1) is 0 Å². The summed E-state index contributed by atoms with van der Waals surface area (Å²) in [5.74, 6) is 0.133. The van der Waals surface area contributed by atoms with Gasteiger partial charge in [0.15, 0.2) is 0 Å². The van der Waals surface area contributed by atoms with Crippen LogP contribution in [-0.4, -0.2) is 15.1 Å². The molecule has 0 radical (unpaired) electrons. The smallest absolute Gasteiger partial charge is 0.232 e. The standard InChI is InChI=1S/C21H12ClN3O2S2/c22-14-4-1-12(2-5-14)17-11-29-20(24-17)16-9-13-3-6-15(26)10-18(13)27-19(16)25-21-23-7-8-28-21/h1-11,26H/b25-19-. The van der Waals surface area contributed by atoms with E-state index in [9.17, 15) is 5.11 Å². The van der Waals surface area contributed by atoms with E-state index in [-0.39, 0.29) is 5.75 Å². The Hall–Kier alpha value is -3.00. The number of aromatic hydroxyl groups is 1. The van der Waals surface area contributed by atoms with Crippen LogP contribution in [0.1, 0.15) is 0 Å². The fourth-order valence-corrected chi connectivity index (χ4v) is 4.32. The van der Waals surface area contributed by atoms with Gasteiger partial charge in [0, 0.05) is 39.0 Å². The van der Waals surface area contributed by atoms with Crippen molar-refractivity contribution < 1.29 is 9.52 Å². The quantitative estimate of drug-likeness (QED) is 0.361. The molecule has 5 rings (SSSR count). The third-order valence-electron chi connectivity index (χ3n) is 4.23. The first-order valence-corrected chi connectivity index (χ1v) is 10.7. The Kier molecular flexibility index (Phi) is 4.63. The molecule has 0 bridgehead atoms. The fourth-order valence-electron chi connectivity index (χ4n) is 2.85. The number of aromatic nitrogens is 2. The summed E-state index contributed by atoms with van der Waals surface area (Å²) in [4.78, 5) is 13.6. The Morgan fingerprint density at radius 2 is 1.90 bits per heavy atom. The Morgan fingerprint density at radius 1 is 1.03 bits per heavy atom. The number of hydrogen-bond donors (Lipinski definition) is 1. The average molecular weight is 438 g/mol. The zero-order chi connectivity index (χ0) is 19.8. The molecule has 0 unspecified atom stereocenters. The molecule has 3 heterocycles. The van der Waals surface area contributed by atoms with Gasteiger partial charge in [-0.1, -0.05) is 23.7 Å². The number of benzene rings is 2. The molecule has 29 heavy (non-hydrogen) atoms. The number of nitrogens with zero attached hydrogens (tertiary/aromatic N) is 3. The first-order chi connectivity index (χ1) is 14.2. The van der Waals surface area contributed by atoms with Gasteiger partial charge < -0.3 is 9.52 Å². The maximum absolute atomic E-state index is 9.79. The number of fused-ring (bicyclic) bond motifs is 1. The van der Waals surface area contributed by atoms with Gasteiger partial charge in [-0.25, -0.2) is 9.97 Å². The van der Waals surface area contributed by atoms with Crippen LogP contribution in [0.15, 0.2) is 74.9 Å². The largest absolute Gasteiger partial charge is 0.508 e. The molecule has 8 heteroatoms. The van der Waals surface area contributed by atoms with E-state index in [0.29, 0.717) is 21.3 Å². The van der Waals surface area contributed by atoms with Crippen LogP contribution in [0.4, 0.5) is 5.13 Å². The second kappa shape index (κ2) is 7.44. The predicted molar refractivity (Wildman–Crippen MR) is 117 cm³/mol. The lowest BCUT2D eigenvalue weighted by atomic mass is 10.1. The van der Waals surface area contributed by atoms with Gasteiger partial charge >= 0.3 is 0 Å². The third-order valence-corrected chi connectivity index (χ3v) is 6.02. The van der Waals surface area contributed by atoms with Crippen LogP contribution in [0.25, 0.3) is 32.8 Å². The Labute approximate surface area is 178 Å². The lowest BCUT2D eigenvalue weighted by molar-refractivity contribution is 0.472. The summed E-state index contributed by atoms with van der Waals surface area (Å²) >= 11 is 8.92. The van der Waals surface area contributed by atoms with Crippen molar-refractivity contribution in [3.63, 3.8) is 0 Å². The summed E-state index contributed by atoms with van der Waals surface area (Å²) in [7, 11) is 0. The summed E-state index contributed by atoms with van der Waals surface area (Å²) in [5, 5.41) is 16.5. The molecule has 3 aromatic heterocycles. The van der Waals surface area contributed by atoms with E-state index >= 15 is 0 Å². The number of phenols is 1. The highest BCUT2D eigenvalue weighted by Crippen LogP contribution is 2.30. The summed E-state index contributed by atoms with van der Waals surface area (Å²) < 4.78 is 6.02. The molecule has 0 amide bonds. The average Bonchev–Trinajstić information content (AvgIpc) is 3.40. The second-order valence-corrected chi connectivity index (χ2v) is 8.33. The third kappa shape index (κ3) is 3.67. The molecule has 0 atom stereocenters. The normalized spacial score (nSPS) is 12.0. The Balaban J connectivity index is 1.69. The molecule has 1 N–H and O–H groups in total. The molecular weight excluding hydrogens is 426 g/mol. The molecule has 0 aliphatic carbocycles. The van der Waals surface area contributed by atoms with E-state index in [1.54, 1.807) is 24.4 Å². The lowest BCUT2D eigenvalue weighted by Gasteiger charge is -2.03. The minimum Gasteiger partial charge on any atom is -0.508 e. The zero-order valence-corrected chi connectivity index (χ0v) is 17.1. The number of hydrogen-bond acceptors (Lipinski definition) is 7. The minimum absolute atomic E-state index is 0.133. The minimum atomic E-state index is 0.133. The zero-order valence-electron chi connectivity index (χ0n) is 14.7. The first-order valence-electron chi connectivity index (χ1n) is 8.59. The van der Waals surface area contributed by atoms with Gasteiger partial charge in [-0.15, -0.1) is 22.7 Å². The molecule has 0 aliphatic rings. The number of rotatable bonds is 3. The van der Waals surface area contributed by atoms with E-state index in [2.05, 4.69) is 9.98 Å². The molecule has 2 aromatic carbocycles. The van der Waals surface area contributed by atoms with E-state index < -0.39 is 0 Å². The van der Waals surface area contributed by atoms with Gasteiger partial charge in [-0.3, -0.25) is 0 Å². The van der Waals surface area contributed by atoms with E-state index in [4.69, 9.17) is 21.0 Å². The molecule has 5 nitrogen and oxygen atoms in total. The highest BCUT2D eigenvalue weighted by Gasteiger charge is 2.13. The second-order valence-electron chi connectivity index (χ2n) is 6.16. The molecular formula is C21H12ClN3O2S2. The van der Waals surface area contributed by atoms with Crippen LogP contribution in [-0.2, 0) is 0 Å². The number of thiazole rings is 2. The Morgan fingerprint density at radius 3 is 2.69 bits per heavy atom. The predicted octanol–water partition coefficient (Wildman–Crippen LogP) is 6.27. The van der Waals surface area contributed by atoms with E-state index in [0.717, 1.165) is 27.2 Å². The van der Waals surface area contributed by atoms with Crippen molar-refractivity contribution in [3.8, 4) is 27.6 Å². The van der Waals surface area contributed by atoms with Crippen molar-refractivity contribution in [2.45, 2.75) is 0 Å². The lowest BCUT2D eigenvalue weighted by Crippen LogP contribution is -2.05. The van der Waals surface area contributed by atoms with Gasteiger partial charge in [-0.05, 0) is 30.3 Å². The van der Waals surface area contributed by atoms with Crippen LogP contribution < -0.4 is 5.55 Å². The van der Waals surface area contributed by atoms with Gasteiger partial charge in [0.2, 0.25) is 10.7 Å². The highest BCUT2D eigenvalue weighted by atomic mass is 35.5. The maximum Gasteiger partial charge on any atom is 0.232 e. The van der Waals surface area contributed by atoms with E-state index in [1.165, 1.54) is 22.7 Å². The molecule has 0 saturated heterocycles. The molecule has 142 valence electrons. The topological polar surface area (TPSA) is 71.5 Å². The molecule has 0 spiro atoms. The van der Waals surface area contributed by atoms with Gasteiger partial charge in [0.1, 0.15) is 16.3 Å². The highest BCUT2D eigenvalue weighted by molar-refractivity contribution is 7.13. The van der Waals surface area contributed by atoms with Crippen LogP contribution in [0.5, 0.6) is 5.75 Å². The maximum atomic E-state index is 9.79. The van der Waals surface area contributed by atoms with Crippen molar-refractivity contribution in [3.05, 3.63) is 76.1 Å².